The number of hydrogen-bond donors (Lipinski definition) is 5. The average molecular weight is 870 g/mol. The van der Waals surface area contributed by atoms with E-state index in [0.717, 1.165) is 24.0 Å². The van der Waals surface area contributed by atoms with Crippen LogP contribution in [0.5, 0.6) is 0 Å². The van der Waals surface area contributed by atoms with Gasteiger partial charge in [0, 0.05) is 70.4 Å². The van der Waals surface area contributed by atoms with Gasteiger partial charge in [0.2, 0.25) is 0 Å². The Morgan fingerprint density at radius 1 is 0.705 bits per heavy atom. The fourth-order valence-corrected chi connectivity index (χ4v) is 5.97. The van der Waals surface area contributed by atoms with E-state index in [1.807, 2.05) is 27.7 Å². The highest BCUT2D eigenvalue weighted by molar-refractivity contribution is 6.31. The highest BCUT2D eigenvalue weighted by atomic mass is 35.5. The first-order valence-corrected chi connectivity index (χ1v) is 20.3. The molecule has 4 heterocycles. The summed E-state index contributed by atoms with van der Waals surface area (Å²) < 4.78 is 28.5. The van der Waals surface area contributed by atoms with Crippen LogP contribution in [0.4, 0.5) is 31.8 Å². The number of carboxylic acids is 1. The van der Waals surface area contributed by atoms with Crippen molar-refractivity contribution in [1.29, 1.82) is 0 Å². The maximum atomic E-state index is 14.4. The quantitative estimate of drug-likeness (QED) is 0.0829. The number of aromatic carboxylic acids is 1. The number of nitrogens with zero attached hydrogens (tertiary/aromatic N) is 6. The topological polar surface area (TPSA) is 194 Å². The van der Waals surface area contributed by atoms with Gasteiger partial charge in [-0.3, -0.25) is 14.8 Å². The molecule has 6 aromatic rings. The van der Waals surface area contributed by atoms with Gasteiger partial charge in [0.15, 0.2) is 11.6 Å². The number of pyridine rings is 2. The Labute approximate surface area is 361 Å². The lowest BCUT2D eigenvalue weighted by Crippen LogP contribution is -2.26. The van der Waals surface area contributed by atoms with Crippen molar-refractivity contribution in [3.8, 4) is 22.8 Å². The summed E-state index contributed by atoms with van der Waals surface area (Å²) in [6.07, 6.45) is 13.6. The Kier molecular flexibility index (Phi) is 14.5. The first-order chi connectivity index (χ1) is 29.2. The molecular formula is C44H44Cl2F2N10O3. The zero-order valence-corrected chi connectivity index (χ0v) is 35.3. The lowest BCUT2D eigenvalue weighted by molar-refractivity contribution is 0.0697. The first kappa shape index (κ1) is 44.4. The molecule has 0 radical (unpaired) electrons. The van der Waals surface area contributed by atoms with E-state index in [9.17, 15) is 23.5 Å². The summed E-state index contributed by atoms with van der Waals surface area (Å²) >= 11 is 12.0. The van der Waals surface area contributed by atoms with Crippen LogP contribution in [0.3, 0.4) is 0 Å². The maximum absolute atomic E-state index is 14.4. The van der Waals surface area contributed by atoms with Gasteiger partial charge in [-0.25, -0.2) is 33.5 Å². The molecule has 6 N–H and O–H groups in total. The van der Waals surface area contributed by atoms with Crippen LogP contribution in [0.2, 0.25) is 10.0 Å². The van der Waals surface area contributed by atoms with Crippen LogP contribution < -0.4 is 21.7 Å². The molecule has 17 heteroatoms. The first-order valence-electron chi connectivity index (χ1n) is 19.5. The fourth-order valence-electron chi connectivity index (χ4n) is 5.63. The Balaban J connectivity index is 0.000000187. The van der Waals surface area contributed by atoms with Gasteiger partial charge in [-0.2, -0.15) is 0 Å². The van der Waals surface area contributed by atoms with Crippen molar-refractivity contribution >= 4 is 58.1 Å². The van der Waals surface area contributed by atoms with Gasteiger partial charge < -0.3 is 26.8 Å². The number of nitrogens with two attached hydrogens (primary N) is 1. The number of benzene rings is 2. The van der Waals surface area contributed by atoms with Crippen molar-refractivity contribution in [3.05, 3.63) is 130 Å². The Hall–Kier alpha value is -6.16. The normalized spacial score (nSPS) is 13.1. The molecule has 0 unspecified atom stereocenters. The van der Waals surface area contributed by atoms with E-state index in [1.165, 1.54) is 73.9 Å². The molecule has 61 heavy (non-hydrogen) atoms. The molecule has 8 rings (SSSR count). The van der Waals surface area contributed by atoms with Gasteiger partial charge in [0.1, 0.15) is 28.8 Å². The fraction of sp³-hybridized carbons (Fsp3) is 0.273. The maximum Gasteiger partial charge on any atom is 0.339 e. The third kappa shape index (κ3) is 12.0. The molecule has 0 aliphatic heterocycles. The number of hydrogen-bond acceptors (Lipinski definition) is 11. The van der Waals surface area contributed by atoms with Crippen LogP contribution in [-0.4, -0.2) is 59.0 Å². The van der Waals surface area contributed by atoms with Crippen LogP contribution in [0.25, 0.3) is 22.8 Å². The average Bonchev–Trinajstić information content (AvgIpc) is 4.19. The molecule has 2 aliphatic rings. The summed E-state index contributed by atoms with van der Waals surface area (Å²) in [5.74, 6) is -0.857. The second-order valence-corrected chi connectivity index (χ2v) is 15.9. The van der Waals surface area contributed by atoms with E-state index in [0.29, 0.717) is 44.7 Å². The number of carboxylic acid groups (broad SMARTS) is 1. The Morgan fingerprint density at radius 2 is 1.15 bits per heavy atom. The second-order valence-electron chi connectivity index (χ2n) is 15.0. The van der Waals surface area contributed by atoms with Gasteiger partial charge in [0.25, 0.3) is 5.91 Å². The third-order valence-electron chi connectivity index (χ3n) is 9.37. The molecule has 2 aliphatic carbocycles. The number of halogens is 4. The van der Waals surface area contributed by atoms with E-state index >= 15 is 0 Å². The lowest BCUT2D eigenvalue weighted by Gasteiger charge is -2.16. The third-order valence-corrected chi connectivity index (χ3v) is 9.84. The molecule has 13 nitrogen and oxygen atoms in total. The van der Waals surface area contributed by atoms with Gasteiger partial charge in [-0.05, 0) is 86.1 Å². The van der Waals surface area contributed by atoms with Crippen molar-refractivity contribution in [3.63, 3.8) is 0 Å². The largest absolute Gasteiger partial charge is 0.478 e. The summed E-state index contributed by atoms with van der Waals surface area (Å²) in [6.45, 7) is 7.93. The monoisotopic (exact) mass is 868 g/mol. The van der Waals surface area contributed by atoms with Crippen molar-refractivity contribution in [2.24, 2.45) is 5.73 Å². The van der Waals surface area contributed by atoms with Gasteiger partial charge in [0.05, 0.1) is 28.1 Å². The molecule has 2 saturated carbocycles. The number of rotatable bonds is 11. The number of anilines is 4. The van der Waals surface area contributed by atoms with E-state index < -0.39 is 17.6 Å². The summed E-state index contributed by atoms with van der Waals surface area (Å²) in [5, 5.41) is 19.3. The number of amides is 1. The number of carbonyl (C=O) groups excluding carboxylic acids is 1. The van der Waals surface area contributed by atoms with Crippen LogP contribution in [0, 0.1) is 11.6 Å². The minimum absolute atomic E-state index is 0.00121. The second kappa shape index (κ2) is 19.9. The van der Waals surface area contributed by atoms with Crippen molar-refractivity contribution in [2.75, 3.05) is 10.6 Å². The number of nitrogens with one attached hydrogen (secondary N) is 3. The highest BCUT2D eigenvalue weighted by Gasteiger charge is 2.26. The molecule has 2 fully saturated rings. The summed E-state index contributed by atoms with van der Waals surface area (Å²) in [4.78, 5) is 49.5. The van der Waals surface area contributed by atoms with E-state index in [4.69, 9.17) is 28.9 Å². The van der Waals surface area contributed by atoms with Crippen LogP contribution in [0.1, 0.15) is 97.1 Å². The molecule has 0 saturated heterocycles. The molecule has 4 aromatic heterocycles. The minimum atomic E-state index is -1.12. The Morgan fingerprint density at radius 3 is 1.56 bits per heavy atom. The van der Waals surface area contributed by atoms with Crippen LogP contribution >= 0.6 is 23.2 Å². The van der Waals surface area contributed by atoms with Gasteiger partial charge in [-0.15, -0.1) is 0 Å². The van der Waals surface area contributed by atoms with Gasteiger partial charge >= 0.3 is 5.97 Å². The van der Waals surface area contributed by atoms with Crippen LogP contribution in [0.15, 0.2) is 85.7 Å². The minimum Gasteiger partial charge on any atom is -0.478 e. The van der Waals surface area contributed by atoms with Gasteiger partial charge in [-0.1, -0.05) is 50.9 Å². The molecule has 316 valence electrons. The smallest absolute Gasteiger partial charge is 0.339 e. The highest BCUT2D eigenvalue weighted by Crippen LogP contribution is 2.33. The predicted octanol–water partition coefficient (Wildman–Crippen LogP) is 10.1. The van der Waals surface area contributed by atoms with Crippen LogP contribution in [-0.2, 0) is 0 Å². The van der Waals surface area contributed by atoms with Crippen molar-refractivity contribution in [1.82, 2.24) is 35.2 Å². The Bertz CT molecular complexity index is 2540. The summed E-state index contributed by atoms with van der Waals surface area (Å²) in [6, 6.07) is 12.5. The standard InChI is InChI=1S/C22H21ClFN5O.C19H16ClFN4O2.C3H7N/c1-12(2)16-11-26-20(15-9-13(23)3-6-18(15)24)29-21(16)28-19-7-8-25-10-17(19)22(30)27-14-4-5-14;1-10(2)13-9-23-17(12-7-11(20)3-4-15(12)21)25-18(13)24-16-5-6-22-8-14(16)19(26)27;4-3-1-2-3/h3,6-12,14H,4-5H2,1-2H3,(H,27,30)(H,25,26,28,29);3-10H,1-2H3,(H,26,27)(H,22,23,24,25);3H,1-2,4H2. The molecule has 0 spiro atoms. The SMILES string of the molecule is CC(C)c1cnc(-c2cc(Cl)ccc2F)nc1Nc1ccncc1C(=O)NC1CC1.CC(C)c1cnc(-c2cc(Cl)ccc2F)nc1Nc1ccncc1C(=O)O.NC1CC1. The summed E-state index contributed by atoms with van der Waals surface area (Å²) in [7, 11) is 0. The van der Waals surface area contributed by atoms with E-state index in [1.54, 1.807) is 24.7 Å². The number of carbonyl (C=O) groups is 2. The zero-order chi connectivity index (χ0) is 43.8. The molecule has 1 amide bonds. The van der Waals surface area contributed by atoms with E-state index in [2.05, 4.69) is 45.9 Å². The zero-order valence-electron chi connectivity index (χ0n) is 33.8. The van der Waals surface area contributed by atoms with Crippen molar-refractivity contribution in [2.45, 2.75) is 77.3 Å². The number of aromatic nitrogens is 6. The molecular weight excluding hydrogens is 825 g/mol. The van der Waals surface area contributed by atoms with Crippen molar-refractivity contribution < 1.29 is 23.5 Å². The molecule has 0 atom stereocenters. The summed E-state index contributed by atoms with van der Waals surface area (Å²) in [5.41, 5.74) is 8.52. The molecule has 0 bridgehead atoms. The van der Waals surface area contributed by atoms with E-state index in [-0.39, 0.29) is 52.1 Å². The predicted molar refractivity (Wildman–Crippen MR) is 233 cm³/mol. The lowest BCUT2D eigenvalue weighted by atomic mass is 10.1. The molecule has 2 aromatic carbocycles.